The maximum absolute atomic E-state index is 12.0. The highest BCUT2D eigenvalue weighted by Crippen LogP contribution is 2.22. The molecule has 7 heteroatoms. The molecule has 3 rings (SSSR count). The van der Waals surface area contributed by atoms with Crippen LogP contribution < -0.4 is 10.1 Å². The molecule has 1 amide bonds. The molecule has 1 fully saturated rings. The second kappa shape index (κ2) is 8.06. The summed E-state index contributed by atoms with van der Waals surface area (Å²) in [6.45, 7) is 0.343. The summed E-state index contributed by atoms with van der Waals surface area (Å²) in [6, 6.07) is 3.74. The molecule has 2 heterocycles. The monoisotopic (exact) mass is 346 g/mol. The Balaban J connectivity index is 1.52. The van der Waals surface area contributed by atoms with Gasteiger partial charge in [-0.05, 0) is 31.2 Å². The van der Waals surface area contributed by atoms with Crippen molar-refractivity contribution in [2.24, 2.45) is 0 Å². The molecule has 0 atom stereocenters. The Kier molecular flexibility index (Phi) is 5.59. The zero-order valence-electron chi connectivity index (χ0n) is 13.2. The Morgan fingerprint density at radius 1 is 1.21 bits per heavy atom. The van der Waals surface area contributed by atoms with E-state index in [4.69, 9.17) is 16.3 Å². The molecule has 0 unspecified atom stereocenters. The van der Waals surface area contributed by atoms with Gasteiger partial charge in [0.15, 0.2) is 0 Å². The first-order chi connectivity index (χ1) is 11.7. The fourth-order valence-corrected chi connectivity index (χ4v) is 2.88. The van der Waals surface area contributed by atoms with E-state index in [9.17, 15) is 4.79 Å². The molecule has 1 aliphatic carbocycles. The van der Waals surface area contributed by atoms with Gasteiger partial charge in [0.25, 0.3) is 5.91 Å². The fourth-order valence-electron chi connectivity index (χ4n) is 2.68. The van der Waals surface area contributed by atoms with Crippen LogP contribution in [0.3, 0.4) is 0 Å². The fraction of sp³-hybridized carbons (Fsp3) is 0.412. The van der Waals surface area contributed by atoms with Crippen LogP contribution >= 0.6 is 11.6 Å². The third-order valence-electron chi connectivity index (χ3n) is 3.97. The van der Waals surface area contributed by atoms with E-state index in [0.717, 1.165) is 18.4 Å². The maximum Gasteiger partial charge on any atom is 0.271 e. The average molecular weight is 347 g/mol. The number of carbonyl (C=O) groups excluding carboxylic acids is 1. The lowest BCUT2D eigenvalue weighted by Crippen LogP contribution is -2.24. The van der Waals surface area contributed by atoms with E-state index in [-0.39, 0.29) is 22.7 Å². The van der Waals surface area contributed by atoms with Gasteiger partial charge in [-0.2, -0.15) is 0 Å². The molecule has 24 heavy (non-hydrogen) atoms. The Hall–Kier alpha value is -2.21. The maximum atomic E-state index is 12.0. The summed E-state index contributed by atoms with van der Waals surface area (Å²) >= 11 is 5.90. The molecule has 126 valence electrons. The van der Waals surface area contributed by atoms with Gasteiger partial charge in [-0.15, -0.1) is 0 Å². The molecular weight excluding hydrogens is 328 g/mol. The second-order valence-corrected chi connectivity index (χ2v) is 6.19. The van der Waals surface area contributed by atoms with Gasteiger partial charge in [0.1, 0.15) is 18.1 Å². The highest BCUT2D eigenvalue weighted by molar-refractivity contribution is 6.33. The number of nitrogens with zero attached hydrogens (tertiary/aromatic N) is 3. The summed E-state index contributed by atoms with van der Waals surface area (Å²) in [6.07, 6.45) is 10.6. The van der Waals surface area contributed by atoms with Crippen molar-refractivity contribution in [1.82, 2.24) is 20.3 Å². The third kappa shape index (κ3) is 4.41. The highest BCUT2D eigenvalue weighted by atomic mass is 35.5. The molecule has 2 aromatic rings. The van der Waals surface area contributed by atoms with E-state index in [0.29, 0.717) is 12.4 Å². The van der Waals surface area contributed by atoms with E-state index in [1.54, 1.807) is 6.20 Å². The van der Waals surface area contributed by atoms with E-state index in [2.05, 4.69) is 20.3 Å². The van der Waals surface area contributed by atoms with Crippen LogP contribution in [-0.2, 0) is 6.54 Å². The van der Waals surface area contributed by atoms with Crippen LogP contribution in [0.2, 0.25) is 5.02 Å². The highest BCUT2D eigenvalue weighted by Gasteiger charge is 2.15. The number of hydrogen-bond donors (Lipinski definition) is 1. The van der Waals surface area contributed by atoms with Crippen molar-refractivity contribution in [1.29, 1.82) is 0 Å². The van der Waals surface area contributed by atoms with Gasteiger partial charge in [0.2, 0.25) is 5.88 Å². The number of carbonyl (C=O) groups is 1. The topological polar surface area (TPSA) is 77.0 Å². The Morgan fingerprint density at radius 2 is 2.04 bits per heavy atom. The summed E-state index contributed by atoms with van der Waals surface area (Å²) in [5.41, 5.74) is 1.04. The number of ether oxygens (including phenoxy) is 1. The van der Waals surface area contributed by atoms with Crippen LogP contribution in [0.4, 0.5) is 0 Å². The Labute approximate surface area is 145 Å². The van der Waals surface area contributed by atoms with E-state index in [1.165, 1.54) is 31.8 Å². The first-order valence-corrected chi connectivity index (χ1v) is 8.45. The molecule has 0 saturated heterocycles. The standard InChI is InChI=1S/C17H19ClN4O2/c18-14-10-19-11-22-16(14)17(23)21-9-12-6-7-15(20-8-12)24-13-4-2-1-3-5-13/h6-8,10-11,13H,1-5,9H2,(H,21,23). The average Bonchev–Trinajstić information content (AvgIpc) is 2.62. The van der Waals surface area contributed by atoms with Gasteiger partial charge in [-0.25, -0.2) is 15.0 Å². The minimum atomic E-state index is -0.343. The third-order valence-corrected chi connectivity index (χ3v) is 4.25. The minimum absolute atomic E-state index is 0.164. The summed E-state index contributed by atoms with van der Waals surface area (Å²) in [7, 11) is 0. The van der Waals surface area contributed by atoms with Crippen molar-refractivity contribution in [3.8, 4) is 5.88 Å². The van der Waals surface area contributed by atoms with E-state index >= 15 is 0 Å². The van der Waals surface area contributed by atoms with Gasteiger partial charge in [-0.3, -0.25) is 4.79 Å². The summed E-state index contributed by atoms with van der Waals surface area (Å²) < 4.78 is 5.89. The van der Waals surface area contributed by atoms with Crippen molar-refractivity contribution < 1.29 is 9.53 Å². The van der Waals surface area contributed by atoms with Crippen LogP contribution in [-0.4, -0.2) is 27.0 Å². The molecular formula is C17H19ClN4O2. The molecule has 0 aromatic carbocycles. The Morgan fingerprint density at radius 3 is 2.75 bits per heavy atom. The van der Waals surface area contributed by atoms with Gasteiger partial charge in [0, 0.05) is 25.0 Å². The number of nitrogens with one attached hydrogen (secondary N) is 1. The predicted octanol–water partition coefficient (Wildman–Crippen LogP) is 3.17. The molecule has 0 radical (unpaired) electrons. The van der Waals surface area contributed by atoms with Gasteiger partial charge < -0.3 is 10.1 Å². The lowest BCUT2D eigenvalue weighted by atomic mass is 9.98. The number of pyridine rings is 1. The second-order valence-electron chi connectivity index (χ2n) is 5.78. The number of aromatic nitrogens is 3. The van der Waals surface area contributed by atoms with Crippen molar-refractivity contribution >= 4 is 17.5 Å². The lowest BCUT2D eigenvalue weighted by molar-refractivity contribution is 0.0946. The molecule has 1 aliphatic rings. The van der Waals surface area contributed by atoms with Crippen LogP contribution in [0.5, 0.6) is 5.88 Å². The SMILES string of the molecule is O=C(NCc1ccc(OC2CCCCC2)nc1)c1ncncc1Cl. The van der Waals surface area contributed by atoms with Gasteiger partial charge in [-0.1, -0.05) is 24.1 Å². The number of halogens is 1. The first-order valence-electron chi connectivity index (χ1n) is 8.07. The van der Waals surface area contributed by atoms with E-state index < -0.39 is 0 Å². The van der Waals surface area contributed by atoms with Gasteiger partial charge >= 0.3 is 0 Å². The lowest BCUT2D eigenvalue weighted by Gasteiger charge is -2.22. The van der Waals surface area contributed by atoms with Crippen molar-refractivity contribution in [3.63, 3.8) is 0 Å². The summed E-state index contributed by atoms with van der Waals surface area (Å²) in [5.74, 6) is 0.292. The Bertz CT molecular complexity index is 687. The van der Waals surface area contributed by atoms with Crippen LogP contribution in [0.15, 0.2) is 30.9 Å². The van der Waals surface area contributed by atoms with Crippen molar-refractivity contribution in [2.75, 3.05) is 0 Å². The predicted molar refractivity (Wildman–Crippen MR) is 90.0 cm³/mol. The quantitative estimate of drug-likeness (QED) is 0.899. The number of amides is 1. The minimum Gasteiger partial charge on any atom is -0.474 e. The zero-order valence-corrected chi connectivity index (χ0v) is 14.0. The molecule has 1 N–H and O–H groups in total. The first kappa shape index (κ1) is 16.6. The largest absolute Gasteiger partial charge is 0.474 e. The molecule has 0 bridgehead atoms. The normalized spacial score (nSPS) is 15.0. The number of hydrogen-bond acceptors (Lipinski definition) is 5. The smallest absolute Gasteiger partial charge is 0.271 e. The zero-order chi connectivity index (χ0) is 16.8. The van der Waals surface area contributed by atoms with E-state index in [1.807, 2.05) is 12.1 Å². The molecule has 2 aromatic heterocycles. The van der Waals surface area contributed by atoms with Crippen LogP contribution in [0.1, 0.15) is 48.2 Å². The van der Waals surface area contributed by atoms with Crippen LogP contribution in [0, 0.1) is 0 Å². The van der Waals surface area contributed by atoms with Gasteiger partial charge in [0.05, 0.1) is 5.02 Å². The number of rotatable bonds is 5. The van der Waals surface area contributed by atoms with Crippen LogP contribution in [0.25, 0.3) is 0 Å². The summed E-state index contributed by atoms with van der Waals surface area (Å²) in [5, 5.41) is 2.99. The molecule has 0 spiro atoms. The molecule has 6 nitrogen and oxygen atoms in total. The van der Waals surface area contributed by atoms with Crippen molar-refractivity contribution in [2.45, 2.75) is 44.8 Å². The molecule has 0 aliphatic heterocycles. The van der Waals surface area contributed by atoms with Crippen molar-refractivity contribution in [3.05, 3.63) is 47.1 Å². The molecule has 1 saturated carbocycles. The summed E-state index contributed by atoms with van der Waals surface area (Å²) in [4.78, 5) is 24.0.